The highest BCUT2D eigenvalue weighted by Crippen LogP contribution is 2.33. The number of rotatable bonds is 4. The third-order valence-corrected chi connectivity index (χ3v) is 5.12. The fourth-order valence-electron chi connectivity index (χ4n) is 3.60. The first-order valence-electron chi connectivity index (χ1n) is 9.67. The molecule has 3 aromatic rings. The molecule has 0 atom stereocenters. The van der Waals surface area contributed by atoms with Crippen LogP contribution < -0.4 is 9.64 Å². The van der Waals surface area contributed by atoms with Crippen LogP contribution in [0, 0.1) is 6.92 Å². The van der Waals surface area contributed by atoms with Crippen molar-refractivity contribution in [2.75, 3.05) is 12.0 Å². The summed E-state index contributed by atoms with van der Waals surface area (Å²) in [7, 11) is 1.62. The first kappa shape index (κ1) is 19.4. The molecule has 1 aliphatic heterocycles. The van der Waals surface area contributed by atoms with Gasteiger partial charge >= 0.3 is 0 Å². The molecular weight excluding hydrogens is 374 g/mol. The Morgan fingerprint density at radius 1 is 0.800 bits per heavy atom. The van der Waals surface area contributed by atoms with E-state index in [2.05, 4.69) is 0 Å². The Hall–Kier alpha value is -3.92. The maximum Gasteiger partial charge on any atom is 0.265 e. The van der Waals surface area contributed by atoms with Gasteiger partial charge in [-0.15, -0.1) is 0 Å². The maximum absolute atomic E-state index is 13.4. The van der Waals surface area contributed by atoms with Crippen LogP contribution in [0.2, 0.25) is 0 Å². The van der Waals surface area contributed by atoms with Crippen molar-refractivity contribution in [3.8, 4) is 5.75 Å². The smallest absolute Gasteiger partial charge is 0.265 e. The summed E-state index contributed by atoms with van der Waals surface area (Å²) in [6.07, 6.45) is 5.45. The van der Waals surface area contributed by atoms with Crippen molar-refractivity contribution < 1.29 is 14.3 Å². The number of amides is 2. The van der Waals surface area contributed by atoms with Crippen LogP contribution in [0.1, 0.15) is 27.0 Å². The Morgan fingerprint density at radius 2 is 1.47 bits per heavy atom. The molecule has 0 aliphatic carbocycles. The molecule has 0 fully saturated rings. The molecule has 0 N–H and O–H groups in total. The van der Waals surface area contributed by atoms with E-state index in [1.807, 2.05) is 79.7 Å². The van der Waals surface area contributed by atoms with E-state index < -0.39 is 0 Å². The molecule has 3 aromatic carbocycles. The molecule has 0 bridgehead atoms. The van der Waals surface area contributed by atoms with Crippen LogP contribution >= 0.6 is 0 Å². The summed E-state index contributed by atoms with van der Waals surface area (Å²) < 4.78 is 5.38. The molecule has 1 aliphatic rings. The summed E-state index contributed by atoms with van der Waals surface area (Å²) in [5.74, 6) is 0.104. The molecule has 0 saturated heterocycles. The Bertz CT molecular complexity index is 1190. The van der Waals surface area contributed by atoms with E-state index in [1.165, 1.54) is 4.90 Å². The van der Waals surface area contributed by atoms with E-state index in [4.69, 9.17) is 4.74 Å². The molecule has 30 heavy (non-hydrogen) atoms. The standard InChI is InChI=1S/C26H21NO3/c1-18-10-3-7-16-23(18)27-25(28)21-14-6-5-13-20(21)22(26(27)29)15-9-12-19-11-4-8-17-24(19)30-2/h3-17H,1-2H3/b12-9+,22-15-. The monoisotopic (exact) mass is 395 g/mol. The number of aryl methyl sites for hydroxylation is 1. The molecular formula is C26H21NO3. The molecule has 4 heteroatoms. The quantitative estimate of drug-likeness (QED) is 0.446. The van der Waals surface area contributed by atoms with Gasteiger partial charge in [0, 0.05) is 16.7 Å². The molecule has 0 unspecified atom stereocenters. The minimum Gasteiger partial charge on any atom is -0.496 e. The Morgan fingerprint density at radius 3 is 2.23 bits per heavy atom. The van der Waals surface area contributed by atoms with Crippen molar-refractivity contribution in [1.82, 2.24) is 0 Å². The second-order valence-electron chi connectivity index (χ2n) is 6.96. The summed E-state index contributed by atoms with van der Waals surface area (Å²) in [4.78, 5) is 27.8. The first-order chi connectivity index (χ1) is 14.6. The maximum atomic E-state index is 13.4. The zero-order chi connectivity index (χ0) is 21.1. The van der Waals surface area contributed by atoms with E-state index in [9.17, 15) is 9.59 Å². The lowest BCUT2D eigenvalue weighted by Crippen LogP contribution is -2.42. The van der Waals surface area contributed by atoms with Gasteiger partial charge in [0.15, 0.2) is 0 Å². The normalized spacial score (nSPS) is 15.0. The second kappa shape index (κ2) is 8.21. The summed E-state index contributed by atoms with van der Waals surface area (Å²) >= 11 is 0. The number of fused-ring (bicyclic) bond motifs is 1. The zero-order valence-corrected chi connectivity index (χ0v) is 16.8. The van der Waals surface area contributed by atoms with Gasteiger partial charge in [-0.3, -0.25) is 9.59 Å². The molecule has 4 rings (SSSR count). The molecule has 2 amide bonds. The number of benzene rings is 3. The number of methoxy groups -OCH3 is 1. The second-order valence-corrected chi connectivity index (χ2v) is 6.96. The highest BCUT2D eigenvalue weighted by atomic mass is 16.5. The highest BCUT2D eigenvalue weighted by molar-refractivity contribution is 6.41. The molecule has 4 nitrogen and oxygen atoms in total. The average Bonchev–Trinajstić information content (AvgIpc) is 2.77. The number of imide groups is 1. The number of hydrogen-bond donors (Lipinski definition) is 0. The predicted octanol–water partition coefficient (Wildman–Crippen LogP) is 5.29. The summed E-state index contributed by atoms with van der Waals surface area (Å²) in [5.41, 5.74) is 3.99. The van der Waals surface area contributed by atoms with Gasteiger partial charge in [0.05, 0.1) is 12.8 Å². The van der Waals surface area contributed by atoms with Crippen molar-refractivity contribution in [3.05, 3.63) is 107 Å². The van der Waals surface area contributed by atoms with Gasteiger partial charge in [0.1, 0.15) is 5.75 Å². The molecule has 0 radical (unpaired) electrons. The van der Waals surface area contributed by atoms with Crippen LogP contribution in [-0.4, -0.2) is 18.9 Å². The number of carbonyl (C=O) groups is 2. The molecule has 148 valence electrons. The lowest BCUT2D eigenvalue weighted by molar-refractivity contribution is -0.112. The van der Waals surface area contributed by atoms with Gasteiger partial charge in [0.25, 0.3) is 11.8 Å². The van der Waals surface area contributed by atoms with E-state index in [1.54, 1.807) is 25.3 Å². The van der Waals surface area contributed by atoms with Crippen molar-refractivity contribution in [3.63, 3.8) is 0 Å². The number of nitrogens with zero attached hydrogens (tertiary/aromatic N) is 1. The SMILES string of the molecule is COc1ccccc1/C=C/C=C1\C(=O)N(c2ccccc2C)C(=O)c2ccccc21. The number of carbonyl (C=O) groups excluding carboxylic acids is 2. The van der Waals surface area contributed by atoms with Crippen LogP contribution in [-0.2, 0) is 4.79 Å². The molecule has 0 saturated carbocycles. The van der Waals surface area contributed by atoms with Crippen LogP contribution in [0.4, 0.5) is 5.69 Å². The van der Waals surface area contributed by atoms with Crippen molar-refractivity contribution in [1.29, 1.82) is 0 Å². The van der Waals surface area contributed by atoms with Crippen LogP contribution in [0.5, 0.6) is 5.75 Å². The van der Waals surface area contributed by atoms with Crippen LogP contribution in [0.3, 0.4) is 0 Å². The highest BCUT2D eigenvalue weighted by Gasteiger charge is 2.35. The van der Waals surface area contributed by atoms with E-state index in [-0.39, 0.29) is 11.8 Å². The van der Waals surface area contributed by atoms with Gasteiger partial charge < -0.3 is 4.74 Å². The minimum atomic E-state index is -0.335. The van der Waals surface area contributed by atoms with Crippen LogP contribution in [0.15, 0.2) is 84.9 Å². The molecule has 0 aromatic heterocycles. The van der Waals surface area contributed by atoms with Crippen molar-refractivity contribution in [2.45, 2.75) is 6.92 Å². The van der Waals surface area contributed by atoms with Gasteiger partial charge in [-0.1, -0.05) is 66.7 Å². The third-order valence-electron chi connectivity index (χ3n) is 5.12. The summed E-state index contributed by atoms with van der Waals surface area (Å²) in [6.45, 7) is 1.89. The topological polar surface area (TPSA) is 46.6 Å². The van der Waals surface area contributed by atoms with Gasteiger partial charge in [-0.05, 0) is 42.3 Å². The third kappa shape index (κ3) is 3.44. The molecule has 1 heterocycles. The van der Waals surface area contributed by atoms with Gasteiger partial charge in [0.2, 0.25) is 0 Å². The number of para-hydroxylation sites is 2. The average molecular weight is 395 g/mol. The Labute approximate surface area is 175 Å². The van der Waals surface area contributed by atoms with Crippen LogP contribution in [0.25, 0.3) is 11.6 Å². The predicted molar refractivity (Wildman–Crippen MR) is 119 cm³/mol. The lowest BCUT2D eigenvalue weighted by Gasteiger charge is -2.29. The number of ether oxygens (including phenoxy) is 1. The van der Waals surface area contributed by atoms with E-state index in [0.29, 0.717) is 22.4 Å². The number of anilines is 1. The fourth-order valence-corrected chi connectivity index (χ4v) is 3.60. The zero-order valence-electron chi connectivity index (χ0n) is 16.8. The first-order valence-corrected chi connectivity index (χ1v) is 9.67. The Balaban J connectivity index is 1.80. The fraction of sp³-hybridized carbons (Fsp3) is 0.0769. The minimum absolute atomic E-state index is 0.309. The largest absolute Gasteiger partial charge is 0.496 e. The molecule has 0 spiro atoms. The van der Waals surface area contributed by atoms with E-state index >= 15 is 0 Å². The van der Waals surface area contributed by atoms with Crippen molar-refractivity contribution >= 4 is 29.2 Å². The van der Waals surface area contributed by atoms with E-state index in [0.717, 1.165) is 16.9 Å². The summed E-state index contributed by atoms with van der Waals surface area (Å²) in [6, 6.07) is 22.3. The number of hydrogen-bond acceptors (Lipinski definition) is 3. The summed E-state index contributed by atoms with van der Waals surface area (Å²) in [5, 5.41) is 0. The lowest BCUT2D eigenvalue weighted by atomic mass is 9.92. The van der Waals surface area contributed by atoms with Gasteiger partial charge in [-0.25, -0.2) is 4.90 Å². The Kier molecular flexibility index (Phi) is 5.31. The van der Waals surface area contributed by atoms with Crippen molar-refractivity contribution in [2.24, 2.45) is 0 Å². The van der Waals surface area contributed by atoms with Gasteiger partial charge in [-0.2, -0.15) is 0 Å². The number of allylic oxidation sites excluding steroid dienone is 2.